The van der Waals surface area contributed by atoms with Gasteiger partial charge in [-0.1, -0.05) is 59.6 Å². The molecule has 136 valence electrons. The van der Waals surface area contributed by atoms with Crippen molar-refractivity contribution in [2.24, 2.45) is 17.6 Å². The number of likely N-dealkylation sites (tertiary alicyclic amines) is 1. The summed E-state index contributed by atoms with van der Waals surface area (Å²) in [6.45, 7) is 2.09. The van der Waals surface area contributed by atoms with Gasteiger partial charge in [0.1, 0.15) is 0 Å². The van der Waals surface area contributed by atoms with Crippen LogP contribution in [-0.4, -0.2) is 30.4 Å². The maximum atomic E-state index is 13.0. The van der Waals surface area contributed by atoms with E-state index in [1.54, 1.807) is 6.07 Å². The molecule has 1 saturated heterocycles. The molecule has 0 aromatic heterocycles. The smallest absolute Gasteiger partial charge is 0.226 e. The molecule has 1 saturated carbocycles. The molecule has 2 unspecified atom stereocenters. The van der Waals surface area contributed by atoms with Crippen molar-refractivity contribution in [3.63, 3.8) is 0 Å². The van der Waals surface area contributed by atoms with Gasteiger partial charge in [-0.05, 0) is 48.1 Å². The van der Waals surface area contributed by atoms with Gasteiger partial charge in [-0.2, -0.15) is 0 Å². The number of carbonyl (C=O) groups excluding carboxylic acids is 1. The molecular weight excluding hydrogens is 367 g/mol. The number of nitrogens with two attached hydrogens (primary N) is 1. The SMILES string of the molecule is NC[C@@H]1CN(C(=O)C2CC2c2ccc(Cl)cc2Cl)C[C@H]1c1ccccc1. The molecular formula is C21H22Cl2N2O. The summed E-state index contributed by atoms with van der Waals surface area (Å²) in [6.07, 6.45) is 0.861. The minimum atomic E-state index is 0.0293. The van der Waals surface area contributed by atoms with Crippen LogP contribution < -0.4 is 5.73 Å². The minimum absolute atomic E-state index is 0.0293. The quantitative estimate of drug-likeness (QED) is 0.848. The zero-order chi connectivity index (χ0) is 18.3. The Labute approximate surface area is 164 Å². The zero-order valence-electron chi connectivity index (χ0n) is 14.4. The van der Waals surface area contributed by atoms with Crippen LogP contribution >= 0.6 is 23.2 Å². The number of amides is 1. The molecule has 4 atom stereocenters. The van der Waals surface area contributed by atoms with Crippen LogP contribution in [0.25, 0.3) is 0 Å². The second-order valence-corrected chi connectivity index (χ2v) is 8.21. The minimum Gasteiger partial charge on any atom is -0.341 e. The predicted molar refractivity (Wildman–Crippen MR) is 106 cm³/mol. The maximum Gasteiger partial charge on any atom is 0.226 e. The van der Waals surface area contributed by atoms with Crippen molar-refractivity contribution in [3.05, 3.63) is 69.7 Å². The molecule has 2 fully saturated rings. The molecule has 1 heterocycles. The van der Waals surface area contributed by atoms with Crippen LogP contribution in [0, 0.1) is 11.8 Å². The van der Waals surface area contributed by atoms with E-state index in [2.05, 4.69) is 12.1 Å². The molecule has 2 aromatic rings. The van der Waals surface area contributed by atoms with Crippen LogP contribution in [0.5, 0.6) is 0 Å². The van der Waals surface area contributed by atoms with E-state index in [9.17, 15) is 4.79 Å². The van der Waals surface area contributed by atoms with Gasteiger partial charge in [0.2, 0.25) is 5.91 Å². The lowest BCUT2D eigenvalue weighted by Gasteiger charge is -2.17. The van der Waals surface area contributed by atoms with Gasteiger partial charge in [-0.3, -0.25) is 4.79 Å². The summed E-state index contributed by atoms with van der Waals surface area (Å²) in [6, 6.07) is 15.9. The highest BCUT2D eigenvalue weighted by molar-refractivity contribution is 6.35. The predicted octanol–water partition coefficient (Wildman–Crippen LogP) is 4.30. The fourth-order valence-corrected chi connectivity index (χ4v) is 4.76. The molecule has 0 bridgehead atoms. The Morgan fingerprint density at radius 3 is 2.54 bits per heavy atom. The van der Waals surface area contributed by atoms with Crippen molar-refractivity contribution in [1.82, 2.24) is 4.90 Å². The van der Waals surface area contributed by atoms with Gasteiger partial charge < -0.3 is 10.6 Å². The van der Waals surface area contributed by atoms with Crippen LogP contribution in [-0.2, 0) is 4.79 Å². The van der Waals surface area contributed by atoms with E-state index >= 15 is 0 Å². The summed E-state index contributed by atoms with van der Waals surface area (Å²) in [7, 11) is 0. The van der Waals surface area contributed by atoms with Crippen molar-refractivity contribution in [3.8, 4) is 0 Å². The van der Waals surface area contributed by atoms with E-state index < -0.39 is 0 Å². The molecule has 2 N–H and O–H groups in total. The van der Waals surface area contributed by atoms with Crippen LogP contribution in [0.1, 0.15) is 29.4 Å². The van der Waals surface area contributed by atoms with Crippen molar-refractivity contribution >= 4 is 29.1 Å². The summed E-state index contributed by atoms with van der Waals surface area (Å²) >= 11 is 12.3. The first-order valence-corrected chi connectivity index (χ1v) is 9.82. The molecule has 26 heavy (non-hydrogen) atoms. The summed E-state index contributed by atoms with van der Waals surface area (Å²) < 4.78 is 0. The van der Waals surface area contributed by atoms with Crippen molar-refractivity contribution in [1.29, 1.82) is 0 Å². The van der Waals surface area contributed by atoms with Gasteiger partial charge in [0, 0.05) is 35.0 Å². The van der Waals surface area contributed by atoms with Gasteiger partial charge in [0.15, 0.2) is 0 Å². The third-order valence-corrected chi connectivity index (χ3v) is 6.32. The summed E-state index contributed by atoms with van der Waals surface area (Å²) in [5.41, 5.74) is 8.30. The standard InChI is InChI=1S/C21H22Cl2N2O/c22-15-6-7-16(20(23)8-15)17-9-18(17)21(26)25-11-14(10-24)19(12-25)13-4-2-1-3-5-13/h1-8,14,17-19H,9-12,24H2/t14-,17?,18?,19+/m1/s1. The molecule has 3 nitrogen and oxygen atoms in total. The second kappa shape index (κ2) is 7.22. The maximum absolute atomic E-state index is 13.0. The molecule has 0 radical (unpaired) electrons. The normalized spacial score (nSPS) is 27.6. The van der Waals surface area contributed by atoms with Crippen molar-refractivity contribution < 1.29 is 4.79 Å². The Morgan fingerprint density at radius 2 is 1.85 bits per heavy atom. The van der Waals surface area contributed by atoms with Crippen molar-refractivity contribution in [2.75, 3.05) is 19.6 Å². The monoisotopic (exact) mass is 388 g/mol. The molecule has 5 heteroatoms. The average molecular weight is 389 g/mol. The lowest BCUT2D eigenvalue weighted by Crippen LogP contribution is -2.31. The first kappa shape index (κ1) is 17.8. The Balaban J connectivity index is 1.46. The fraction of sp³-hybridized carbons (Fsp3) is 0.381. The van der Waals surface area contributed by atoms with E-state index in [1.807, 2.05) is 35.2 Å². The second-order valence-electron chi connectivity index (χ2n) is 7.37. The Hall–Kier alpha value is -1.55. The fourth-order valence-electron chi connectivity index (χ4n) is 4.22. The third kappa shape index (κ3) is 3.36. The molecule has 1 aliphatic heterocycles. The van der Waals surface area contributed by atoms with Crippen molar-refractivity contribution in [2.45, 2.75) is 18.3 Å². The Bertz CT molecular complexity index is 811. The van der Waals surface area contributed by atoms with E-state index in [4.69, 9.17) is 28.9 Å². The molecule has 1 aliphatic carbocycles. The number of hydrogen-bond acceptors (Lipinski definition) is 2. The summed E-state index contributed by atoms with van der Waals surface area (Å²) in [5, 5.41) is 1.28. The highest BCUT2D eigenvalue weighted by Gasteiger charge is 2.48. The lowest BCUT2D eigenvalue weighted by molar-refractivity contribution is -0.131. The number of nitrogens with zero attached hydrogens (tertiary/aromatic N) is 1. The Kier molecular flexibility index (Phi) is 4.96. The topological polar surface area (TPSA) is 46.3 Å². The zero-order valence-corrected chi connectivity index (χ0v) is 16.0. The Morgan fingerprint density at radius 1 is 1.08 bits per heavy atom. The van der Waals surface area contributed by atoms with Gasteiger partial charge in [0.05, 0.1) is 0 Å². The number of carbonyl (C=O) groups is 1. The van der Waals surface area contributed by atoms with Gasteiger partial charge in [-0.25, -0.2) is 0 Å². The van der Waals surface area contributed by atoms with Crippen LogP contribution in [0.4, 0.5) is 0 Å². The molecule has 0 spiro atoms. The number of halogens is 2. The van der Waals surface area contributed by atoms with Crippen LogP contribution in [0.15, 0.2) is 48.5 Å². The lowest BCUT2D eigenvalue weighted by atomic mass is 9.89. The molecule has 4 rings (SSSR count). The summed E-state index contributed by atoms with van der Waals surface area (Å²) in [4.78, 5) is 15.0. The first-order chi connectivity index (χ1) is 12.6. The van der Waals surface area contributed by atoms with Crippen LogP contribution in [0.3, 0.4) is 0 Å². The average Bonchev–Trinajstić information content (AvgIpc) is 3.31. The van der Waals surface area contributed by atoms with E-state index in [-0.39, 0.29) is 17.7 Å². The van der Waals surface area contributed by atoms with E-state index in [1.165, 1.54) is 5.56 Å². The van der Waals surface area contributed by atoms with Gasteiger partial charge in [-0.15, -0.1) is 0 Å². The number of hydrogen-bond donors (Lipinski definition) is 1. The van der Waals surface area contributed by atoms with Gasteiger partial charge >= 0.3 is 0 Å². The first-order valence-electron chi connectivity index (χ1n) is 9.07. The number of rotatable bonds is 4. The highest BCUT2D eigenvalue weighted by atomic mass is 35.5. The van der Waals surface area contributed by atoms with E-state index in [0.717, 1.165) is 25.1 Å². The highest BCUT2D eigenvalue weighted by Crippen LogP contribution is 2.51. The third-order valence-electron chi connectivity index (χ3n) is 5.75. The molecule has 1 amide bonds. The van der Waals surface area contributed by atoms with Gasteiger partial charge in [0.25, 0.3) is 0 Å². The van der Waals surface area contributed by atoms with E-state index in [0.29, 0.717) is 28.4 Å². The van der Waals surface area contributed by atoms with Crippen LogP contribution in [0.2, 0.25) is 10.0 Å². The summed E-state index contributed by atoms with van der Waals surface area (Å²) in [5.74, 6) is 1.11. The number of benzene rings is 2. The molecule has 2 aromatic carbocycles. The largest absolute Gasteiger partial charge is 0.341 e. The molecule has 2 aliphatic rings.